The third kappa shape index (κ3) is 6.30. The van der Waals surface area contributed by atoms with E-state index in [1.54, 1.807) is 30.6 Å². The van der Waals surface area contributed by atoms with E-state index in [9.17, 15) is 24.3 Å². The molecule has 2 N–H and O–H groups in total. The van der Waals surface area contributed by atoms with E-state index in [0.29, 0.717) is 23.6 Å². The Hall–Kier alpha value is -3.95. The van der Waals surface area contributed by atoms with Crippen LogP contribution in [0.3, 0.4) is 0 Å². The monoisotopic (exact) mass is 537 g/mol. The molecule has 1 aliphatic heterocycles. The molecule has 0 radical (unpaired) electrons. The number of aliphatic hydroxyl groups is 1. The highest BCUT2D eigenvalue weighted by molar-refractivity contribution is 7.13. The highest BCUT2D eigenvalue weighted by Gasteiger charge is 2.36. The topological polar surface area (TPSA) is 131 Å². The van der Waals surface area contributed by atoms with Crippen molar-refractivity contribution in [2.45, 2.75) is 31.9 Å². The Balaban J connectivity index is 1.66. The number of aliphatic hydroxyl groups excluding tert-OH is 1. The summed E-state index contributed by atoms with van der Waals surface area (Å²) < 4.78 is 31.2. The van der Waals surface area contributed by atoms with Gasteiger partial charge in [-0.15, -0.1) is 11.3 Å². The number of nitrogens with zero attached hydrogens (tertiary/aromatic N) is 2. The summed E-state index contributed by atoms with van der Waals surface area (Å²) in [5, 5.41) is 24.1. The lowest BCUT2D eigenvalue weighted by Crippen LogP contribution is -2.31. The molecule has 12 heteroatoms. The Morgan fingerprint density at radius 1 is 1.32 bits per heavy atom. The second kappa shape index (κ2) is 12.5. The van der Waals surface area contributed by atoms with Crippen LogP contribution in [0.4, 0.5) is 9.52 Å². The van der Waals surface area contributed by atoms with Crippen LogP contribution in [0.1, 0.15) is 40.6 Å². The molecule has 38 heavy (non-hydrogen) atoms. The molecule has 1 atom stereocenters. The fourth-order valence-electron chi connectivity index (χ4n) is 4.38. The van der Waals surface area contributed by atoms with Crippen LogP contribution in [0.25, 0.3) is 0 Å². The minimum absolute atomic E-state index is 0.00573. The zero-order valence-electron chi connectivity index (χ0n) is 20.6. The average Bonchev–Trinajstić information content (AvgIpc) is 3.41. The molecule has 2 aromatic carbocycles. The van der Waals surface area contributed by atoms with Crippen LogP contribution in [0.15, 0.2) is 41.9 Å². The second-order valence-electron chi connectivity index (χ2n) is 8.50. The summed E-state index contributed by atoms with van der Waals surface area (Å²) in [4.78, 5) is 28.8. The minimum atomic E-state index is -0.807. The molecule has 0 bridgehead atoms. The maximum atomic E-state index is 14.6. The van der Waals surface area contributed by atoms with Gasteiger partial charge < -0.3 is 24.6 Å². The number of hydrogen-bond donors (Lipinski definition) is 2. The molecule has 9 nitrogen and oxygen atoms in total. The smallest absolute Gasteiger partial charge is 0.341 e. The molecule has 1 unspecified atom stereocenters. The van der Waals surface area contributed by atoms with Crippen LogP contribution in [-0.2, 0) is 16.0 Å². The predicted octanol–water partition coefficient (Wildman–Crippen LogP) is 4.39. The summed E-state index contributed by atoms with van der Waals surface area (Å²) in [7, 11) is 0. The predicted molar refractivity (Wildman–Crippen MR) is 139 cm³/mol. The summed E-state index contributed by atoms with van der Waals surface area (Å²) in [6.07, 6.45) is 2.81. The Morgan fingerprint density at radius 2 is 2.16 bits per heavy atom. The van der Waals surface area contributed by atoms with Gasteiger partial charge in [-0.3, -0.25) is 4.79 Å². The van der Waals surface area contributed by atoms with Gasteiger partial charge in [-0.05, 0) is 54.6 Å². The fourth-order valence-corrected chi connectivity index (χ4v) is 4.92. The molecule has 0 aliphatic carbocycles. The lowest BCUT2D eigenvalue weighted by atomic mass is 9.35. The van der Waals surface area contributed by atoms with Crippen molar-refractivity contribution in [3.05, 3.63) is 64.4 Å². The van der Waals surface area contributed by atoms with Crippen molar-refractivity contribution < 1.29 is 33.3 Å². The number of nitriles is 1. The quantitative estimate of drug-likeness (QED) is 0.288. The number of nitrogens with one attached hydrogen (secondary N) is 1. The van der Waals surface area contributed by atoms with Gasteiger partial charge in [-0.2, -0.15) is 0 Å². The molecule has 1 aliphatic rings. The highest BCUT2D eigenvalue weighted by atomic mass is 32.1. The number of thiazole rings is 1. The standard InChI is InChI=1S/C26H25BFN3O6S/c1-2-35-25(34)18-4-3-17(12-21(18)28)37-23-13-19-16(11-22(23)36-9-8-32)5-6-27(15-29)20(19)14-24(33)31-26-30-7-10-38-26/h3-4,7,10-13,20,32H,2,5-6,8-9,14H2,1H3,(H,30,31,33). The van der Waals surface area contributed by atoms with Crippen molar-refractivity contribution in [2.24, 2.45) is 0 Å². The van der Waals surface area contributed by atoms with Gasteiger partial charge in [0.05, 0.1) is 18.8 Å². The van der Waals surface area contributed by atoms with Gasteiger partial charge in [0.25, 0.3) is 6.71 Å². The molecule has 0 fully saturated rings. The molecule has 0 spiro atoms. The zero-order valence-corrected chi connectivity index (χ0v) is 21.4. The third-order valence-electron chi connectivity index (χ3n) is 6.08. The molecule has 0 saturated carbocycles. The normalized spacial score (nSPS) is 14.3. The van der Waals surface area contributed by atoms with Gasteiger partial charge in [-0.1, -0.05) is 6.32 Å². The van der Waals surface area contributed by atoms with Gasteiger partial charge in [0, 0.05) is 30.0 Å². The number of carbonyl (C=O) groups is 2. The summed E-state index contributed by atoms with van der Waals surface area (Å²) in [6.45, 7) is 1.12. The number of aryl methyl sites for hydroxylation is 1. The highest BCUT2D eigenvalue weighted by Crippen LogP contribution is 2.42. The van der Waals surface area contributed by atoms with Crippen molar-refractivity contribution in [1.82, 2.24) is 4.98 Å². The number of carbonyl (C=O) groups excluding carboxylic acids is 2. The van der Waals surface area contributed by atoms with E-state index in [4.69, 9.17) is 14.2 Å². The molecule has 4 rings (SSSR count). The second-order valence-corrected chi connectivity index (χ2v) is 9.40. The fraction of sp³-hybridized carbons (Fsp3) is 0.308. The molecular weight excluding hydrogens is 512 g/mol. The van der Waals surface area contributed by atoms with E-state index in [0.717, 1.165) is 17.2 Å². The van der Waals surface area contributed by atoms with Gasteiger partial charge in [0.2, 0.25) is 5.91 Å². The summed E-state index contributed by atoms with van der Waals surface area (Å²) in [5.41, 5.74) is 1.43. The number of amides is 1. The van der Waals surface area contributed by atoms with E-state index in [1.165, 1.54) is 23.5 Å². The maximum Gasteiger partial charge on any atom is 0.341 e. The Kier molecular flexibility index (Phi) is 8.94. The number of rotatable bonds is 10. The third-order valence-corrected chi connectivity index (χ3v) is 6.77. The first-order valence-electron chi connectivity index (χ1n) is 12.1. The van der Waals surface area contributed by atoms with Gasteiger partial charge in [0.1, 0.15) is 18.2 Å². The van der Waals surface area contributed by atoms with Crippen molar-refractivity contribution >= 4 is 35.1 Å². The first-order chi connectivity index (χ1) is 18.4. The van der Waals surface area contributed by atoms with Crippen molar-refractivity contribution in [3.8, 4) is 23.2 Å². The molecule has 1 aromatic heterocycles. The van der Waals surface area contributed by atoms with Gasteiger partial charge in [0.15, 0.2) is 16.6 Å². The van der Waals surface area contributed by atoms with Crippen LogP contribution < -0.4 is 14.8 Å². The summed E-state index contributed by atoms with van der Waals surface area (Å²) in [5.74, 6) is 0.713. The molecular formula is C26H25BFN3O6S. The molecule has 2 heterocycles. The first-order valence-corrected chi connectivity index (χ1v) is 12.9. The van der Waals surface area contributed by atoms with E-state index in [-0.39, 0.29) is 49.2 Å². The van der Waals surface area contributed by atoms with Crippen molar-refractivity contribution in [2.75, 3.05) is 25.1 Å². The summed E-state index contributed by atoms with van der Waals surface area (Å²) >= 11 is 1.30. The van der Waals surface area contributed by atoms with Crippen LogP contribution >= 0.6 is 11.3 Å². The van der Waals surface area contributed by atoms with Crippen LogP contribution in [0.2, 0.25) is 6.32 Å². The number of halogens is 1. The summed E-state index contributed by atoms with van der Waals surface area (Å²) in [6, 6.07) is 7.24. The molecule has 1 amide bonds. The number of benzene rings is 2. The van der Waals surface area contributed by atoms with Crippen LogP contribution in [0.5, 0.6) is 17.2 Å². The van der Waals surface area contributed by atoms with Crippen molar-refractivity contribution in [3.63, 3.8) is 0 Å². The number of esters is 1. The largest absolute Gasteiger partial charge is 0.487 e. The molecule has 3 aromatic rings. The minimum Gasteiger partial charge on any atom is -0.487 e. The Bertz CT molecular complexity index is 1350. The van der Waals surface area contributed by atoms with Crippen molar-refractivity contribution in [1.29, 1.82) is 5.26 Å². The zero-order chi connectivity index (χ0) is 27.1. The van der Waals surface area contributed by atoms with E-state index >= 15 is 0 Å². The van der Waals surface area contributed by atoms with E-state index < -0.39 is 24.3 Å². The number of fused-ring (bicyclic) bond motifs is 1. The van der Waals surface area contributed by atoms with E-state index in [2.05, 4.69) is 16.3 Å². The van der Waals surface area contributed by atoms with Crippen LogP contribution in [0, 0.1) is 17.0 Å². The Labute approximate surface area is 223 Å². The average molecular weight is 537 g/mol. The number of hydrogen-bond acceptors (Lipinski definition) is 9. The molecule has 0 saturated heterocycles. The van der Waals surface area contributed by atoms with Gasteiger partial charge >= 0.3 is 5.97 Å². The van der Waals surface area contributed by atoms with Crippen LogP contribution in [-0.4, -0.2) is 48.5 Å². The molecule has 196 valence electrons. The number of aromatic nitrogens is 1. The lowest BCUT2D eigenvalue weighted by Gasteiger charge is -2.28. The number of anilines is 1. The maximum absolute atomic E-state index is 14.6. The SMILES string of the molecule is CCOC(=O)c1ccc(Oc2cc3c(cc2OCCO)CCB(C#N)C3CC(=O)Nc2nccs2)cc1F. The number of ether oxygens (including phenoxy) is 3. The first kappa shape index (κ1) is 27.1. The lowest BCUT2D eigenvalue weighted by molar-refractivity contribution is -0.116. The Morgan fingerprint density at radius 3 is 2.84 bits per heavy atom. The van der Waals surface area contributed by atoms with Gasteiger partial charge in [-0.25, -0.2) is 19.4 Å². The van der Waals surface area contributed by atoms with E-state index in [1.807, 2.05) is 0 Å².